The first kappa shape index (κ1) is 13.1. The predicted octanol–water partition coefficient (Wildman–Crippen LogP) is 3.86. The van der Waals surface area contributed by atoms with Crippen molar-refractivity contribution in [3.63, 3.8) is 0 Å². The van der Waals surface area contributed by atoms with Gasteiger partial charge in [0.2, 0.25) is 0 Å². The van der Waals surface area contributed by atoms with Crippen molar-refractivity contribution >= 4 is 16.9 Å². The first-order valence-electron chi connectivity index (χ1n) is 7.07. The highest BCUT2D eigenvalue weighted by molar-refractivity contribution is 6.04. The number of hydrogen-bond donors (Lipinski definition) is 1. The van der Waals surface area contributed by atoms with Crippen LogP contribution in [0.3, 0.4) is 0 Å². The molecule has 1 N–H and O–H groups in total. The molecule has 0 aliphatic heterocycles. The van der Waals surface area contributed by atoms with Crippen LogP contribution in [0.1, 0.15) is 53.9 Å². The third-order valence-corrected chi connectivity index (χ3v) is 4.32. The van der Waals surface area contributed by atoms with Crippen LogP contribution in [0, 0.1) is 6.92 Å². The molecule has 3 nitrogen and oxygen atoms in total. The molecule has 3 heteroatoms. The van der Waals surface area contributed by atoms with Crippen molar-refractivity contribution in [2.75, 3.05) is 0 Å². The normalized spacial score (nSPS) is 16.9. The van der Waals surface area contributed by atoms with Crippen LogP contribution in [-0.2, 0) is 11.8 Å². The Kier molecular flexibility index (Phi) is 2.82. The molecule has 104 valence electrons. The zero-order chi connectivity index (χ0) is 14.5. The van der Waals surface area contributed by atoms with Crippen LogP contribution < -0.4 is 0 Å². The maximum atomic E-state index is 11.8. The summed E-state index contributed by atoms with van der Waals surface area (Å²) < 4.78 is 0. The average molecular weight is 269 g/mol. The maximum absolute atomic E-state index is 11.8. The van der Waals surface area contributed by atoms with Crippen molar-refractivity contribution in [2.45, 2.75) is 45.4 Å². The molecule has 0 spiro atoms. The monoisotopic (exact) mass is 269 g/mol. The minimum atomic E-state index is -0.836. The van der Waals surface area contributed by atoms with Gasteiger partial charge in [0, 0.05) is 10.8 Å². The molecule has 1 aliphatic carbocycles. The summed E-state index contributed by atoms with van der Waals surface area (Å²) in [4.78, 5) is 16.6. The second-order valence-corrected chi connectivity index (χ2v) is 6.38. The number of aromatic nitrogens is 1. The van der Waals surface area contributed by atoms with E-state index in [1.165, 1.54) is 0 Å². The highest BCUT2D eigenvalue weighted by Gasteiger charge is 2.33. The fourth-order valence-corrected chi connectivity index (χ4v) is 3.29. The lowest BCUT2D eigenvalue weighted by Crippen LogP contribution is -2.27. The summed E-state index contributed by atoms with van der Waals surface area (Å²) in [7, 11) is 0. The largest absolute Gasteiger partial charge is 0.478 e. The lowest BCUT2D eigenvalue weighted by molar-refractivity contribution is 0.0697. The number of carboxylic acids is 1. The molecular weight excluding hydrogens is 250 g/mol. The van der Waals surface area contributed by atoms with Crippen LogP contribution in [0.4, 0.5) is 0 Å². The summed E-state index contributed by atoms with van der Waals surface area (Å²) in [6, 6.07) is 5.86. The summed E-state index contributed by atoms with van der Waals surface area (Å²) in [5.41, 5.74) is 4.18. The summed E-state index contributed by atoms with van der Waals surface area (Å²) in [5.74, 6) is -0.836. The molecule has 2 aromatic rings. The molecule has 0 amide bonds. The van der Waals surface area contributed by atoms with Crippen molar-refractivity contribution in [1.82, 2.24) is 4.98 Å². The highest BCUT2D eigenvalue weighted by Crippen LogP contribution is 2.39. The van der Waals surface area contributed by atoms with Gasteiger partial charge >= 0.3 is 5.97 Å². The van der Waals surface area contributed by atoms with Gasteiger partial charge in [0.25, 0.3) is 0 Å². The molecule has 0 saturated heterocycles. The lowest BCUT2D eigenvalue weighted by Gasteiger charge is -2.32. The molecule has 0 atom stereocenters. The van der Waals surface area contributed by atoms with Gasteiger partial charge in [0.1, 0.15) is 0 Å². The minimum absolute atomic E-state index is 0.0448. The molecule has 1 aromatic carbocycles. The molecule has 0 unspecified atom stereocenters. The topological polar surface area (TPSA) is 50.2 Å². The van der Waals surface area contributed by atoms with Crippen molar-refractivity contribution in [3.05, 3.63) is 40.6 Å². The molecule has 0 saturated carbocycles. The van der Waals surface area contributed by atoms with Crippen LogP contribution in [0.15, 0.2) is 18.2 Å². The zero-order valence-electron chi connectivity index (χ0n) is 12.2. The molecule has 1 aromatic heterocycles. The number of aryl methyl sites for hydroxylation is 1. The van der Waals surface area contributed by atoms with Crippen LogP contribution in [-0.4, -0.2) is 16.1 Å². The van der Waals surface area contributed by atoms with E-state index in [1.54, 1.807) is 0 Å². The quantitative estimate of drug-likeness (QED) is 0.855. The Bertz CT molecular complexity index is 716. The predicted molar refractivity (Wildman–Crippen MR) is 79.4 cm³/mol. The van der Waals surface area contributed by atoms with E-state index < -0.39 is 5.97 Å². The number of carboxylic acid groups (broad SMARTS) is 1. The Morgan fingerprint density at radius 2 is 2.10 bits per heavy atom. The van der Waals surface area contributed by atoms with Gasteiger partial charge in [-0.3, -0.25) is 4.98 Å². The summed E-state index contributed by atoms with van der Waals surface area (Å²) >= 11 is 0. The van der Waals surface area contributed by atoms with E-state index in [4.69, 9.17) is 4.98 Å². The van der Waals surface area contributed by atoms with Gasteiger partial charge in [0.15, 0.2) is 0 Å². The zero-order valence-corrected chi connectivity index (χ0v) is 12.2. The van der Waals surface area contributed by atoms with E-state index in [2.05, 4.69) is 13.8 Å². The Morgan fingerprint density at radius 3 is 2.80 bits per heavy atom. The van der Waals surface area contributed by atoms with Crippen molar-refractivity contribution in [3.8, 4) is 0 Å². The standard InChI is InChI=1S/C17H19NO2/c1-10-6-7-13-12(9-10)14(16(19)20)11-5-4-8-17(2,3)15(11)18-13/h6-7,9H,4-5,8H2,1-3H3,(H,19,20). The highest BCUT2D eigenvalue weighted by atomic mass is 16.4. The molecule has 20 heavy (non-hydrogen) atoms. The third kappa shape index (κ3) is 1.89. The number of carbonyl (C=O) groups is 1. The number of hydrogen-bond acceptors (Lipinski definition) is 2. The Labute approximate surface area is 118 Å². The van der Waals surface area contributed by atoms with Crippen LogP contribution in [0.25, 0.3) is 10.9 Å². The fourth-order valence-electron chi connectivity index (χ4n) is 3.29. The Morgan fingerprint density at radius 1 is 1.35 bits per heavy atom. The van der Waals surface area contributed by atoms with Gasteiger partial charge in [-0.05, 0) is 43.9 Å². The number of nitrogens with zero attached hydrogens (tertiary/aromatic N) is 1. The van der Waals surface area contributed by atoms with Gasteiger partial charge in [0.05, 0.1) is 16.8 Å². The smallest absolute Gasteiger partial charge is 0.336 e. The molecule has 0 radical (unpaired) electrons. The van der Waals surface area contributed by atoms with Gasteiger partial charge in [-0.1, -0.05) is 25.5 Å². The molecular formula is C17H19NO2. The first-order valence-corrected chi connectivity index (χ1v) is 7.07. The minimum Gasteiger partial charge on any atom is -0.478 e. The van der Waals surface area contributed by atoms with Gasteiger partial charge in [-0.25, -0.2) is 4.79 Å². The molecule has 0 fully saturated rings. The lowest BCUT2D eigenvalue weighted by atomic mass is 9.74. The number of benzene rings is 1. The number of rotatable bonds is 1. The Balaban J connectivity index is 2.45. The van der Waals surface area contributed by atoms with Gasteiger partial charge < -0.3 is 5.11 Å². The van der Waals surface area contributed by atoms with Crippen LogP contribution in [0.2, 0.25) is 0 Å². The molecule has 1 aliphatic rings. The fraction of sp³-hybridized carbons (Fsp3) is 0.412. The van der Waals surface area contributed by atoms with E-state index in [1.807, 2.05) is 25.1 Å². The number of fused-ring (bicyclic) bond motifs is 2. The number of pyridine rings is 1. The maximum Gasteiger partial charge on any atom is 0.336 e. The first-order chi connectivity index (χ1) is 9.40. The number of aromatic carboxylic acids is 1. The summed E-state index contributed by atoms with van der Waals surface area (Å²) in [6.45, 7) is 6.29. The van der Waals surface area contributed by atoms with Gasteiger partial charge in [-0.15, -0.1) is 0 Å². The third-order valence-electron chi connectivity index (χ3n) is 4.32. The average Bonchev–Trinajstić information content (AvgIpc) is 2.36. The second kappa shape index (κ2) is 4.30. The van der Waals surface area contributed by atoms with E-state index in [-0.39, 0.29) is 5.41 Å². The van der Waals surface area contributed by atoms with E-state index in [9.17, 15) is 9.90 Å². The summed E-state index contributed by atoms with van der Waals surface area (Å²) in [6.07, 6.45) is 2.90. The van der Waals surface area contributed by atoms with E-state index in [0.717, 1.165) is 47.0 Å². The SMILES string of the molecule is Cc1ccc2nc3c(c(C(=O)O)c2c1)CCCC3(C)C. The Hall–Kier alpha value is -1.90. The van der Waals surface area contributed by atoms with Crippen molar-refractivity contribution in [1.29, 1.82) is 0 Å². The van der Waals surface area contributed by atoms with E-state index >= 15 is 0 Å². The molecule has 3 rings (SSSR count). The van der Waals surface area contributed by atoms with Crippen LogP contribution >= 0.6 is 0 Å². The van der Waals surface area contributed by atoms with Gasteiger partial charge in [-0.2, -0.15) is 0 Å². The van der Waals surface area contributed by atoms with Crippen LogP contribution in [0.5, 0.6) is 0 Å². The van der Waals surface area contributed by atoms with Crippen molar-refractivity contribution in [2.24, 2.45) is 0 Å². The second-order valence-electron chi connectivity index (χ2n) is 6.38. The molecule has 0 bridgehead atoms. The summed E-state index contributed by atoms with van der Waals surface area (Å²) in [5, 5.41) is 10.4. The van der Waals surface area contributed by atoms with E-state index in [0.29, 0.717) is 5.56 Å². The van der Waals surface area contributed by atoms with Crippen molar-refractivity contribution < 1.29 is 9.90 Å². The molecule has 1 heterocycles.